The van der Waals surface area contributed by atoms with Crippen LogP contribution in [-0.2, 0) is 19.1 Å². The highest BCUT2D eigenvalue weighted by Gasteiger charge is 2.37. The van der Waals surface area contributed by atoms with E-state index >= 15 is 0 Å². The van der Waals surface area contributed by atoms with Crippen molar-refractivity contribution >= 4 is 18.1 Å². The third-order valence-electron chi connectivity index (χ3n) is 2.67. The van der Waals surface area contributed by atoms with Crippen molar-refractivity contribution in [3.63, 3.8) is 0 Å². The molecule has 4 N–H and O–H groups in total. The average molecular weight is 284 g/mol. The first-order valence-electron chi connectivity index (χ1n) is 6.02. The number of hydrogen-bond acceptors (Lipinski definition) is 8. The Morgan fingerprint density at radius 3 is 2.15 bits per heavy atom. The summed E-state index contributed by atoms with van der Waals surface area (Å²) >= 11 is 0. The lowest BCUT2D eigenvalue weighted by molar-refractivity contribution is -0.155. The number of hydrogen-bond donors (Lipinski definition) is 2. The third kappa shape index (κ3) is 6.36. The normalized spacial score (nSPS) is 15.2. The summed E-state index contributed by atoms with van der Waals surface area (Å²) in [4.78, 5) is 38.3. The van der Waals surface area contributed by atoms with Crippen molar-refractivity contribution in [3.8, 4) is 0 Å². The molecule has 112 valence electrons. The van der Waals surface area contributed by atoms with Crippen molar-refractivity contribution in [3.05, 3.63) is 0 Å². The summed E-state index contributed by atoms with van der Waals surface area (Å²) in [5, 5.41) is 0. The summed E-state index contributed by atoms with van der Waals surface area (Å²) in [6, 6.07) is 0. The number of nitrogens with two attached hydrogens (primary N) is 2. The van der Waals surface area contributed by atoms with Gasteiger partial charge in [0.2, 0.25) is 12.2 Å². The molecule has 0 spiro atoms. The van der Waals surface area contributed by atoms with E-state index in [0.29, 0.717) is 19.4 Å². The Morgan fingerprint density at radius 1 is 1.25 bits per heavy atom. The molecule has 0 aromatic heterocycles. The predicted octanol–water partition coefficient (Wildman–Crippen LogP) is -0.0327. The maximum absolute atomic E-state index is 11.9. The number of nitrogens with zero attached hydrogens (tertiary/aromatic N) is 2. The van der Waals surface area contributed by atoms with E-state index < -0.39 is 17.9 Å². The molecular formula is C12H20N4O4. The van der Waals surface area contributed by atoms with Crippen LogP contribution in [0.5, 0.6) is 0 Å². The summed E-state index contributed by atoms with van der Waals surface area (Å²) in [7, 11) is 0. The van der Waals surface area contributed by atoms with Crippen LogP contribution in [0.15, 0.2) is 9.98 Å². The van der Waals surface area contributed by atoms with Gasteiger partial charge in [-0.2, -0.15) is 0 Å². The fraction of sp³-hybridized carbons (Fsp3) is 0.750. The zero-order chi connectivity index (χ0) is 15.8. The SMILES string of the molecule is CC(C)(CCN)CC(C)(N)C(=O)OC(N=C=O)N=C=O. The highest BCUT2D eigenvalue weighted by molar-refractivity contribution is 5.80. The number of isocyanates is 2. The minimum atomic E-state index is -1.60. The monoisotopic (exact) mass is 284 g/mol. The Bertz CT molecular complexity index is 417. The van der Waals surface area contributed by atoms with Crippen LogP contribution in [-0.4, -0.2) is 36.6 Å². The van der Waals surface area contributed by atoms with Crippen LogP contribution in [0.3, 0.4) is 0 Å². The molecule has 0 rings (SSSR count). The second kappa shape index (κ2) is 7.67. The molecule has 8 heteroatoms. The van der Waals surface area contributed by atoms with Crippen LogP contribution < -0.4 is 11.5 Å². The van der Waals surface area contributed by atoms with Crippen LogP contribution in [0.4, 0.5) is 0 Å². The van der Waals surface area contributed by atoms with Gasteiger partial charge in [0.15, 0.2) is 0 Å². The van der Waals surface area contributed by atoms with Crippen LogP contribution in [0, 0.1) is 5.41 Å². The van der Waals surface area contributed by atoms with Gasteiger partial charge in [-0.25, -0.2) is 14.4 Å². The second-order valence-corrected chi connectivity index (χ2v) is 5.47. The maximum Gasteiger partial charge on any atom is 0.329 e. The lowest BCUT2D eigenvalue weighted by Gasteiger charge is -2.33. The van der Waals surface area contributed by atoms with Crippen LogP contribution in [0.25, 0.3) is 0 Å². The van der Waals surface area contributed by atoms with Crippen molar-refractivity contribution < 1.29 is 19.1 Å². The minimum absolute atomic E-state index is 0.269. The van der Waals surface area contributed by atoms with E-state index in [-0.39, 0.29) is 5.41 Å². The zero-order valence-electron chi connectivity index (χ0n) is 11.9. The Balaban J connectivity index is 4.88. The summed E-state index contributed by atoms with van der Waals surface area (Å²) in [5.41, 5.74) is 9.82. The van der Waals surface area contributed by atoms with Gasteiger partial charge in [0.25, 0.3) is 0 Å². The summed E-state index contributed by atoms with van der Waals surface area (Å²) in [6.45, 7) is 5.79. The summed E-state index contributed by atoms with van der Waals surface area (Å²) < 4.78 is 4.77. The van der Waals surface area contributed by atoms with E-state index in [1.165, 1.54) is 6.92 Å². The highest BCUT2D eigenvalue weighted by Crippen LogP contribution is 2.30. The van der Waals surface area contributed by atoms with Gasteiger partial charge in [-0.1, -0.05) is 13.8 Å². The fourth-order valence-electron chi connectivity index (χ4n) is 1.95. The van der Waals surface area contributed by atoms with Crippen LogP contribution in [0.1, 0.15) is 33.6 Å². The first kappa shape index (κ1) is 18.1. The highest BCUT2D eigenvalue weighted by atomic mass is 16.6. The zero-order valence-corrected chi connectivity index (χ0v) is 11.9. The van der Waals surface area contributed by atoms with Gasteiger partial charge in [0.05, 0.1) is 0 Å². The molecule has 0 fully saturated rings. The van der Waals surface area contributed by atoms with Gasteiger partial charge in [-0.3, -0.25) is 0 Å². The lowest BCUT2D eigenvalue weighted by Crippen LogP contribution is -2.50. The van der Waals surface area contributed by atoms with E-state index in [1.54, 1.807) is 0 Å². The van der Waals surface area contributed by atoms with E-state index in [1.807, 2.05) is 13.8 Å². The fourth-order valence-corrected chi connectivity index (χ4v) is 1.95. The molecule has 1 atom stereocenters. The van der Waals surface area contributed by atoms with E-state index in [2.05, 4.69) is 9.98 Å². The Labute approximate surface area is 117 Å². The van der Waals surface area contributed by atoms with E-state index in [0.717, 1.165) is 12.2 Å². The van der Waals surface area contributed by atoms with Crippen LogP contribution >= 0.6 is 0 Å². The molecule has 0 aromatic rings. The molecule has 0 aliphatic rings. The number of ether oxygens (including phenoxy) is 1. The molecule has 1 unspecified atom stereocenters. The number of carbonyl (C=O) groups is 1. The van der Waals surface area contributed by atoms with Crippen molar-refractivity contribution in [2.24, 2.45) is 26.9 Å². The van der Waals surface area contributed by atoms with Crippen molar-refractivity contribution in [1.29, 1.82) is 0 Å². The van der Waals surface area contributed by atoms with Crippen LogP contribution in [0.2, 0.25) is 0 Å². The average Bonchev–Trinajstić information content (AvgIpc) is 2.27. The molecule has 20 heavy (non-hydrogen) atoms. The van der Waals surface area contributed by atoms with Crippen molar-refractivity contribution in [2.45, 2.75) is 45.5 Å². The first-order chi connectivity index (χ1) is 9.18. The number of aliphatic imine (C=N–C) groups is 2. The summed E-state index contributed by atoms with van der Waals surface area (Å²) in [6.07, 6.45) is 1.67. The van der Waals surface area contributed by atoms with Gasteiger partial charge in [0, 0.05) is 0 Å². The Kier molecular flexibility index (Phi) is 6.96. The molecule has 0 aliphatic carbocycles. The third-order valence-corrected chi connectivity index (χ3v) is 2.67. The predicted molar refractivity (Wildman–Crippen MR) is 70.8 cm³/mol. The largest absolute Gasteiger partial charge is 0.416 e. The van der Waals surface area contributed by atoms with E-state index in [9.17, 15) is 14.4 Å². The number of rotatable bonds is 8. The molecule has 8 nitrogen and oxygen atoms in total. The van der Waals surface area contributed by atoms with Gasteiger partial charge in [-0.05, 0) is 31.7 Å². The lowest BCUT2D eigenvalue weighted by atomic mass is 9.77. The van der Waals surface area contributed by atoms with Crippen molar-refractivity contribution in [2.75, 3.05) is 6.54 Å². The first-order valence-corrected chi connectivity index (χ1v) is 6.02. The molecule has 0 heterocycles. The second-order valence-electron chi connectivity index (χ2n) is 5.47. The molecule has 0 saturated heterocycles. The Hall–Kier alpha value is -1.85. The molecule has 0 radical (unpaired) electrons. The maximum atomic E-state index is 11.9. The molecular weight excluding hydrogens is 264 g/mol. The van der Waals surface area contributed by atoms with Gasteiger partial charge < -0.3 is 16.2 Å². The quantitative estimate of drug-likeness (QED) is 0.364. The number of carbonyl (C=O) groups excluding carboxylic acids is 3. The van der Waals surface area contributed by atoms with Gasteiger partial charge in [-0.15, -0.1) is 9.98 Å². The molecule has 0 saturated carbocycles. The molecule has 0 amide bonds. The molecule has 0 bridgehead atoms. The van der Waals surface area contributed by atoms with Gasteiger partial charge >= 0.3 is 12.3 Å². The molecule has 0 aliphatic heterocycles. The smallest absolute Gasteiger partial charge is 0.329 e. The Morgan fingerprint density at radius 2 is 1.75 bits per heavy atom. The molecule has 0 aromatic carbocycles. The minimum Gasteiger partial charge on any atom is -0.416 e. The number of esters is 1. The van der Waals surface area contributed by atoms with Crippen molar-refractivity contribution in [1.82, 2.24) is 0 Å². The van der Waals surface area contributed by atoms with Gasteiger partial charge in [0.1, 0.15) is 5.54 Å². The van der Waals surface area contributed by atoms with E-state index in [4.69, 9.17) is 16.2 Å². The summed E-state index contributed by atoms with van der Waals surface area (Å²) in [5.74, 6) is -0.828. The topological polar surface area (TPSA) is 137 Å². The standard InChI is InChI=1S/C12H20N4O4/c1-11(2,4-5-13)6-12(3,14)9(19)20-10(15-7-17)16-8-18/h10H,4-6,13-14H2,1-3H3.